The predicted octanol–water partition coefficient (Wildman–Crippen LogP) is 2.88. The molecule has 4 rings (SSSR count). The lowest BCUT2D eigenvalue weighted by atomic mass is 10.1. The highest BCUT2D eigenvalue weighted by Crippen LogP contribution is 2.30. The van der Waals surface area contributed by atoms with Crippen LogP contribution in [-0.2, 0) is 12.8 Å². The smallest absolute Gasteiger partial charge is 0.274 e. The van der Waals surface area contributed by atoms with Crippen molar-refractivity contribution in [3.05, 3.63) is 46.8 Å². The van der Waals surface area contributed by atoms with Crippen LogP contribution < -0.4 is 5.32 Å². The molecular weight excluding hydrogens is 324 g/mol. The van der Waals surface area contributed by atoms with Crippen molar-refractivity contribution < 1.29 is 4.79 Å². The van der Waals surface area contributed by atoms with Gasteiger partial charge in [-0.25, -0.2) is 4.68 Å². The van der Waals surface area contributed by atoms with Gasteiger partial charge in [-0.1, -0.05) is 25.1 Å². The SMILES string of the molecule is CCCN(C(=O)c1nn(-c2ccccc2C)c2c1CCC2)C1CCNC1. The van der Waals surface area contributed by atoms with E-state index in [4.69, 9.17) is 5.10 Å². The number of hydrogen-bond donors (Lipinski definition) is 1. The molecule has 1 aromatic heterocycles. The number of amides is 1. The number of aryl methyl sites for hydroxylation is 1. The molecule has 1 aromatic carbocycles. The molecule has 0 spiro atoms. The molecule has 1 aliphatic heterocycles. The Bertz CT molecular complexity index is 804. The fourth-order valence-corrected chi connectivity index (χ4v) is 4.34. The summed E-state index contributed by atoms with van der Waals surface area (Å²) in [5.41, 5.74) is 5.36. The molecule has 5 heteroatoms. The number of rotatable bonds is 5. The first kappa shape index (κ1) is 17.3. The minimum atomic E-state index is 0.117. The Balaban J connectivity index is 1.74. The first-order valence-corrected chi connectivity index (χ1v) is 9.89. The summed E-state index contributed by atoms with van der Waals surface area (Å²) < 4.78 is 2.03. The molecule has 0 bridgehead atoms. The van der Waals surface area contributed by atoms with Crippen LogP contribution in [0.3, 0.4) is 0 Å². The summed E-state index contributed by atoms with van der Waals surface area (Å²) in [5, 5.41) is 8.23. The third-order valence-corrected chi connectivity index (χ3v) is 5.68. The standard InChI is InChI=1S/C21H28N4O/c1-3-13-24(16-11-12-22-14-16)21(26)20-17-8-6-10-19(17)25(23-20)18-9-5-4-7-15(18)2/h4-5,7,9,16,22H,3,6,8,10-14H2,1-2H3. The van der Waals surface area contributed by atoms with Gasteiger partial charge in [0.15, 0.2) is 5.69 Å². The van der Waals surface area contributed by atoms with E-state index in [0.29, 0.717) is 11.7 Å². The van der Waals surface area contributed by atoms with Gasteiger partial charge in [-0.3, -0.25) is 4.79 Å². The Labute approximate surface area is 155 Å². The number of nitrogens with zero attached hydrogens (tertiary/aromatic N) is 3. The fraction of sp³-hybridized carbons (Fsp3) is 0.524. The summed E-state index contributed by atoms with van der Waals surface area (Å²) in [6.45, 7) is 6.93. The second kappa shape index (κ2) is 7.23. The van der Waals surface area contributed by atoms with Crippen molar-refractivity contribution in [3.63, 3.8) is 0 Å². The summed E-state index contributed by atoms with van der Waals surface area (Å²) >= 11 is 0. The van der Waals surface area contributed by atoms with E-state index in [1.54, 1.807) is 0 Å². The Kier molecular flexibility index (Phi) is 4.81. The van der Waals surface area contributed by atoms with Crippen LogP contribution in [0, 0.1) is 6.92 Å². The molecule has 5 nitrogen and oxygen atoms in total. The van der Waals surface area contributed by atoms with Crippen LogP contribution in [0.15, 0.2) is 24.3 Å². The minimum Gasteiger partial charge on any atom is -0.333 e. The van der Waals surface area contributed by atoms with Crippen LogP contribution in [0.1, 0.15) is 53.5 Å². The highest BCUT2D eigenvalue weighted by molar-refractivity contribution is 5.94. The van der Waals surface area contributed by atoms with Gasteiger partial charge in [0.25, 0.3) is 5.91 Å². The highest BCUT2D eigenvalue weighted by Gasteiger charge is 2.33. The van der Waals surface area contributed by atoms with Crippen molar-refractivity contribution in [2.75, 3.05) is 19.6 Å². The Morgan fingerprint density at radius 3 is 2.92 bits per heavy atom. The molecule has 1 unspecified atom stereocenters. The summed E-state index contributed by atoms with van der Waals surface area (Å²) in [6.07, 6.45) is 5.08. The molecule has 1 atom stereocenters. The Morgan fingerprint density at radius 2 is 2.19 bits per heavy atom. The summed E-state index contributed by atoms with van der Waals surface area (Å²) in [5.74, 6) is 0.117. The van der Waals surface area contributed by atoms with Crippen LogP contribution in [0.5, 0.6) is 0 Å². The number of carbonyl (C=O) groups excluding carboxylic acids is 1. The Hall–Kier alpha value is -2.14. The van der Waals surface area contributed by atoms with E-state index in [-0.39, 0.29) is 5.91 Å². The van der Waals surface area contributed by atoms with Crippen LogP contribution in [0.4, 0.5) is 0 Å². The number of hydrogen-bond acceptors (Lipinski definition) is 3. The maximum Gasteiger partial charge on any atom is 0.274 e. The first-order valence-electron chi connectivity index (χ1n) is 9.89. The quantitative estimate of drug-likeness (QED) is 0.900. The molecule has 1 amide bonds. The van der Waals surface area contributed by atoms with Crippen LogP contribution in [0.25, 0.3) is 5.69 Å². The van der Waals surface area contributed by atoms with Gasteiger partial charge in [0.2, 0.25) is 0 Å². The average molecular weight is 352 g/mol. The number of carbonyl (C=O) groups is 1. The van der Waals surface area contributed by atoms with Gasteiger partial charge in [0.1, 0.15) is 0 Å². The second-order valence-corrected chi connectivity index (χ2v) is 7.47. The topological polar surface area (TPSA) is 50.2 Å². The van der Waals surface area contributed by atoms with Gasteiger partial charge < -0.3 is 10.2 Å². The largest absolute Gasteiger partial charge is 0.333 e. The molecule has 0 radical (unpaired) electrons. The molecule has 2 heterocycles. The minimum absolute atomic E-state index is 0.117. The molecule has 1 saturated heterocycles. The zero-order valence-electron chi connectivity index (χ0n) is 15.8. The number of fused-ring (bicyclic) bond motifs is 1. The lowest BCUT2D eigenvalue weighted by molar-refractivity contribution is 0.0684. The van der Waals surface area contributed by atoms with Crippen molar-refractivity contribution in [3.8, 4) is 5.69 Å². The number of para-hydroxylation sites is 1. The van der Waals surface area contributed by atoms with Crippen molar-refractivity contribution in [2.45, 2.75) is 52.0 Å². The van der Waals surface area contributed by atoms with E-state index < -0.39 is 0 Å². The fourth-order valence-electron chi connectivity index (χ4n) is 4.34. The van der Waals surface area contributed by atoms with E-state index in [0.717, 1.165) is 57.4 Å². The zero-order valence-corrected chi connectivity index (χ0v) is 15.8. The molecule has 0 saturated carbocycles. The van der Waals surface area contributed by atoms with E-state index in [9.17, 15) is 4.79 Å². The van der Waals surface area contributed by atoms with Gasteiger partial charge >= 0.3 is 0 Å². The van der Waals surface area contributed by atoms with Gasteiger partial charge in [0.05, 0.1) is 5.69 Å². The molecule has 1 N–H and O–H groups in total. The third-order valence-electron chi connectivity index (χ3n) is 5.68. The van der Waals surface area contributed by atoms with Crippen molar-refractivity contribution >= 4 is 5.91 Å². The van der Waals surface area contributed by atoms with Crippen LogP contribution in [-0.4, -0.2) is 46.3 Å². The van der Waals surface area contributed by atoms with E-state index >= 15 is 0 Å². The molecule has 2 aliphatic rings. The van der Waals surface area contributed by atoms with E-state index in [1.807, 2.05) is 16.8 Å². The predicted molar refractivity (Wildman–Crippen MR) is 103 cm³/mol. The van der Waals surface area contributed by atoms with E-state index in [2.05, 4.69) is 36.2 Å². The van der Waals surface area contributed by atoms with Crippen molar-refractivity contribution in [1.29, 1.82) is 0 Å². The normalized spacial score (nSPS) is 18.9. The highest BCUT2D eigenvalue weighted by atomic mass is 16.2. The second-order valence-electron chi connectivity index (χ2n) is 7.47. The zero-order chi connectivity index (χ0) is 18.1. The average Bonchev–Trinajstić information content (AvgIpc) is 3.37. The lowest BCUT2D eigenvalue weighted by Crippen LogP contribution is -2.42. The van der Waals surface area contributed by atoms with Crippen LogP contribution >= 0.6 is 0 Å². The molecular formula is C21H28N4O. The third kappa shape index (κ3) is 2.94. The van der Waals surface area contributed by atoms with Gasteiger partial charge in [-0.2, -0.15) is 5.10 Å². The summed E-state index contributed by atoms with van der Waals surface area (Å²) in [4.78, 5) is 15.5. The summed E-state index contributed by atoms with van der Waals surface area (Å²) in [6, 6.07) is 8.58. The number of aromatic nitrogens is 2. The molecule has 1 fully saturated rings. The number of nitrogens with one attached hydrogen (secondary N) is 1. The monoisotopic (exact) mass is 352 g/mol. The van der Waals surface area contributed by atoms with Crippen molar-refractivity contribution in [2.24, 2.45) is 0 Å². The van der Waals surface area contributed by atoms with Gasteiger partial charge in [-0.15, -0.1) is 0 Å². The molecule has 26 heavy (non-hydrogen) atoms. The molecule has 138 valence electrons. The summed E-state index contributed by atoms with van der Waals surface area (Å²) in [7, 11) is 0. The van der Waals surface area contributed by atoms with Crippen LogP contribution in [0.2, 0.25) is 0 Å². The Morgan fingerprint density at radius 1 is 1.35 bits per heavy atom. The van der Waals surface area contributed by atoms with Crippen molar-refractivity contribution in [1.82, 2.24) is 20.0 Å². The molecule has 1 aliphatic carbocycles. The maximum absolute atomic E-state index is 13.4. The lowest BCUT2D eigenvalue weighted by Gasteiger charge is -2.27. The molecule has 2 aromatic rings. The maximum atomic E-state index is 13.4. The van der Waals surface area contributed by atoms with Gasteiger partial charge in [-0.05, 0) is 57.2 Å². The first-order chi connectivity index (χ1) is 12.7. The van der Waals surface area contributed by atoms with E-state index in [1.165, 1.54) is 16.8 Å². The van der Waals surface area contributed by atoms with Gasteiger partial charge in [0, 0.05) is 30.4 Å². The number of benzene rings is 1.